The van der Waals surface area contributed by atoms with Gasteiger partial charge in [0.15, 0.2) is 17.7 Å². The highest BCUT2D eigenvalue weighted by Crippen LogP contribution is 2.32. The van der Waals surface area contributed by atoms with Gasteiger partial charge >= 0.3 is 0 Å². The summed E-state index contributed by atoms with van der Waals surface area (Å²) in [5.74, 6) is 0.344. The minimum atomic E-state index is -1.26. The van der Waals surface area contributed by atoms with Crippen LogP contribution in [0.4, 0.5) is 23.1 Å². The van der Waals surface area contributed by atoms with Crippen LogP contribution in [0.15, 0.2) is 30.6 Å². The number of nitrogens with zero attached hydrogens (tertiary/aromatic N) is 4. The largest absolute Gasteiger partial charge is 0.399 e. The normalized spacial score (nSPS) is 25.1. The second-order valence-electron chi connectivity index (χ2n) is 6.24. The van der Waals surface area contributed by atoms with E-state index in [4.69, 9.17) is 16.2 Å². The summed E-state index contributed by atoms with van der Waals surface area (Å²) in [6, 6.07) is 7.04. The number of hydrogen-bond donors (Lipinski definition) is 6. The molecular formula is C16H19N7O4. The van der Waals surface area contributed by atoms with Gasteiger partial charge in [-0.25, -0.2) is 4.98 Å². The molecule has 3 aromatic rings. The number of aromatic nitrogens is 4. The Bertz CT molecular complexity index is 979. The van der Waals surface area contributed by atoms with Crippen LogP contribution < -0.4 is 16.8 Å². The molecule has 1 aromatic carbocycles. The maximum Gasteiger partial charge on any atom is 0.231 e. The maximum atomic E-state index is 10.3. The molecule has 11 heteroatoms. The maximum absolute atomic E-state index is 10.3. The van der Waals surface area contributed by atoms with Crippen molar-refractivity contribution in [1.82, 2.24) is 19.5 Å². The Morgan fingerprint density at radius 2 is 2.00 bits per heavy atom. The van der Waals surface area contributed by atoms with Crippen LogP contribution in [-0.2, 0) is 4.74 Å². The summed E-state index contributed by atoms with van der Waals surface area (Å²) in [6.07, 6.45) is -2.99. The van der Waals surface area contributed by atoms with Gasteiger partial charge in [-0.3, -0.25) is 4.57 Å². The Hall–Kier alpha value is -2.99. The van der Waals surface area contributed by atoms with Gasteiger partial charge in [-0.05, 0) is 18.2 Å². The van der Waals surface area contributed by atoms with Crippen LogP contribution in [0.3, 0.4) is 0 Å². The zero-order valence-electron chi connectivity index (χ0n) is 14.1. The average Bonchev–Trinajstić information content (AvgIpc) is 3.17. The molecule has 0 bridgehead atoms. The van der Waals surface area contributed by atoms with Crippen molar-refractivity contribution < 1.29 is 20.1 Å². The van der Waals surface area contributed by atoms with Crippen molar-refractivity contribution in [2.45, 2.75) is 24.5 Å². The number of ether oxygens (including phenoxy) is 1. The molecule has 1 aliphatic rings. The van der Waals surface area contributed by atoms with Crippen molar-refractivity contribution in [1.29, 1.82) is 0 Å². The summed E-state index contributed by atoms with van der Waals surface area (Å²) >= 11 is 0. The number of benzene rings is 1. The molecule has 4 rings (SSSR count). The second-order valence-corrected chi connectivity index (χ2v) is 6.24. The fraction of sp³-hybridized carbons (Fsp3) is 0.312. The lowest BCUT2D eigenvalue weighted by Crippen LogP contribution is -2.33. The fourth-order valence-corrected chi connectivity index (χ4v) is 3.04. The highest BCUT2D eigenvalue weighted by molar-refractivity contribution is 5.83. The van der Waals surface area contributed by atoms with Gasteiger partial charge in [0.1, 0.15) is 23.8 Å². The molecule has 0 saturated carbocycles. The third-order valence-electron chi connectivity index (χ3n) is 4.38. The SMILES string of the molecule is Nc1cccc(Nc2nc(N)c3ncn([C@@H]4O[C@H](CO)C(O)C4O)c3n2)c1. The third-order valence-corrected chi connectivity index (χ3v) is 4.38. The number of aliphatic hydroxyl groups is 3. The third kappa shape index (κ3) is 3.02. The number of hydrogen-bond acceptors (Lipinski definition) is 10. The van der Waals surface area contributed by atoms with Gasteiger partial charge in [-0.15, -0.1) is 0 Å². The van der Waals surface area contributed by atoms with Crippen LogP contribution in [0.2, 0.25) is 0 Å². The van der Waals surface area contributed by atoms with E-state index in [1.54, 1.807) is 24.3 Å². The molecule has 2 unspecified atom stereocenters. The monoisotopic (exact) mass is 373 g/mol. The lowest BCUT2D eigenvalue weighted by Gasteiger charge is -2.17. The molecule has 1 saturated heterocycles. The van der Waals surface area contributed by atoms with Gasteiger partial charge in [0.25, 0.3) is 0 Å². The summed E-state index contributed by atoms with van der Waals surface area (Å²) < 4.78 is 6.98. The molecule has 27 heavy (non-hydrogen) atoms. The lowest BCUT2D eigenvalue weighted by atomic mass is 10.1. The van der Waals surface area contributed by atoms with Crippen LogP contribution in [-0.4, -0.2) is 59.8 Å². The van der Waals surface area contributed by atoms with Crippen LogP contribution in [0.25, 0.3) is 11.2 Å². The number of anilines is 4. The summed E-state index contributed by atoms with van der Waals surface area (Å²) in [5.41, 5.74) is 13.6. The van der Waals surface area contributed by atoms with E-state index in [9.17, 15) is 15.3 Å². The highest BCUT2D eigenvalue weighted by Gasteiger charge is 2.44. The molecule has 1 aliphatic heterocycles. The quantitative estimate of drug-likeness (QED) is 0.322. The molecule has 0 amide bonds. The highest BCUT2D eigenvalue weighted by atomic mass is 16.6. The first-order chi connectivity index (χ1) is 13.0. The number of fused-ring (bicyclic) bond motifs is 1. The molecule has 0 aliphatic carbocycles. The van der Waals surface area contributed by atoms with Crippen LogP contribution in [0.5, 0.6) is 0 Å². The molecule has 2 aromatic heterocycles. The summed E-state index contributed by atoms with van der Waals surface area (Å²) in [4.78, 5) is 12.7. The first kappa shape index (κ1) is 17.4. The molecule has 3 heterocycles. The Kier molecular flexibility index (Phi) is 4.28. The standard InChI is InChI=1S/C16H19N7O4/c17-7-2-1-3-8(4-7)20-16-21-13(18)10-14(22-16)23(6-19-10)15-12(26)11(25)9(5-24)27-15/h1-4,6,9,11-12,15,24-26H,5,17H2,(H3,18,20,21,22)/t9-,11?,12?,15-/m1/s1. The van der Waals surface area contributed by atoms with E-state index in [0.717, 1.165) is 0 Å². The minimum Gasteiger partial charge on any atom is -0.399 e. The van der Waals surface area contributed by atoms with E-state index >= 15 is 0 Å². The van der Waals surface area contributed by atoms with Gasteiger partial charge in [0.05, 0.1) is 12.9 Å². The predicted molar refractivity (Wildman–Crippen MR) is 96.9 cm³/mol. The van der Waals surface area contributed by atoms with E-state index in [-0.39, 0.29) is 11.8 Å². The van der Waals surface area contributed by atoms with E-state index in [2.05, 4.69) is 20.3 Å². The van der Waals surface area contributed by atoms with Crippen LogP contribution >= 0.6 is 0 Å². The number of imidazole rings is 1. The van der Waals surface area contributed by atoms with Crippen molar-refractivity contribution in [3.8, 4) is 0 Å². The van der Waals surface area contributed by atoms with E-state index in [1.807, 2.05) is 0 Å². The number of aliphatic hydroxyl groups excluding tert-OH is 3. The van der Waals surface area contributed by atoms with Gasteiger partial charge in [-0.2, -0.15) is 9.97 Å². The molecule has 1 fully saturated rings. The van der Waals surface area contributed by atoms with Crippen molar-refractivity contribution in [2.75, 3.05) is 23.4 Å². The topological polar surface area (TPSA) is 178 Å². The van der Waals surface area contributed by atoms with E-state index < -0.39 is 31.1 Å². The lowest BCUT2D eigenvalue weighted by molar-refractivity contribution is -0.0511. The summed E-state index contributed by atoms with van der Waals surface area (Å²) in [5, 5.41) is 32.5. The smallest absolute Gasteiger partial charge is 0.231 e. The molecule has 142 valence electrons. The van der Waals surface area contributed by atoms with Crippen molar-refractivity contribution in [3.63, 3.8) is 0 Å². The molecule has 0 radical (unpaired) electrons. The van der Waals surface area contributed by atoms with E-state index in [1.165, 1.54) is 10.9 Å². The van der Waals surface area contributed by atoms with Crippen molar-refractivity contribution in [2.24, 2.45) is 0 Å². The molecular weight excluding hydrogens is 354 g/mol. The Morgan fingerprint density at radius 1 is 1.19 bits per heavy atom. The van der Waals surface area contributed by atoms with Gasteiger partial charge < -0.3 is 36.8 Å². The van der Waals surface area contributed by atoms with Gasteiger partial charge in [-0.1, -0.05) is 6.07 Å². The fourth-order valence-electron chi connectivity index (χ4n) is 3.04. The minimum absolute atomic E-state index is 0.136. The second kappa shape index (κ2) is 6.63. The number of nitrogens with two attached hydrogens (primary N) is 2. The zero-order valence-corrected chi connectivity index (χ0v) is 14.1. The number of rotatable bonds is 4. The number of nitrogen functional groups attached to an aromatic ring is 2. The predicted octanol–water partition coefficient (Wildman–Crippen LogP) is -0.654. The van der Waals surface area contributed by atoms with Gasteiger partial charge in [0, 0.05) is 11.4 Å². The molecule has 0 spiro atoms. The molecule has 4 atom stereocenters. The first-order valence-electron chi connectivity index (χ1n) is 8.23. The summed E-state index contributed by atoms with van der Waals surface area (Å²) in [6.45, 7) is -0.430. The van der Waals surface area contributed by atoms with Gasteiger partial charge in [0.2, 0.25) is 5.95 Å². The van der Waals surface area contributed by atoms with E-state index in [0.29, 0.717) is 22.5 Å². The molecule has 8 N–H and O–H groups in total. The Labute approximate surface area is 153 Å². The van der Waals surface area contributed by atoms with Crippen molar-refractivity contribution >= 4 is 34.3 Å². The Morgan fingerprint density at radius 3 is 2.70 bits per heavy atom. The average molecular weight is 373 g/mol. The van der Waals surface area contributed by atoms with Crippen LogP contribution in [0.1, 0.15) is 6.23 Å². The molecule has 11 nitrogen and oxygen atoms in total. The summed E-state index contributed by atoms with van der Waals surface area (Å²) in [7, 11) is 0. The van der Waals surface area contributed by atoms with Crippen molar-refractivity contribution in [3.05, 3.63) is 30.6 Å². The van der Waals surface area contributed by atoms with Crippen LogP contribution in [0, 0.1) is 0 Å². The zero-order chi connectivity index (χ0) is 19.1. The Balaban J connectivity index is 1.72. The first-order valence-corrected chi connectivity index (χ1v) is 8.23. The number of nitrogens with one attached hydrogen (secondary N) is 1.